The summed E-state index contributed by atoms with van der Waals surface area (Å²) in [5.41, 5.74) is 1.93. The maximum atomic E-state index is 12.3. The Morgan fingerprint density at radius 3 is 2.45 bits per heavy atom. The summed E-state index contributed by atoms with van der Waals surface area (Å²) in [6.07, 6.45) is 1.81. The van der Waals surface area contributed by atoms with Gasteiger partial charge in [0, 0.05) is 18.0 Å². The molecule has 0 unspecified atom stereocenters. The topological polar surface area (TPSA) is 81.9 Å². The van der Waals surface area contributed by atoms with Crippen LogP contribution in [0.4, 0.5) is 5.69 Å². The highest BCUT2D eigenvalue weighted by Crippen LogP contribution is 2.23. The molecule has 0 atom stereocenters. The van der Waals surface area contributed by atoms with Crippen molar-refractivity contribution in [1.29, 1.82) is 0 Å². The van der Waals surface area contributed by atoms with Crippen LogP contribution in [0.3, 0.4) is 0 Å². The van der Waals surface area contributed by atoms with E-state index in [2.05, 4.69) is 20.6 Å². The van der Waals surface area contributed by atoms with E-state index in [9.17, 15) is 4.79 Å². The fraction of sp³-hybridized carbons (Fsp3) is 0.0476. The number of hydrogen-bond acceptors (Lipinski definition) is 5. The van der Waals surface area contributed by atoms with Gasteiger partial charge in [0.1, 0.15) is 5.75 Å². The van der Waals surface area contributed by atoms with E-state index in [1.54, 1.807) is 65.3 Å². The SMILES string of the molecule is Cc1ccn(-c2ccc(Oc3ccc(NC(=O)c4ccccc4Cl)cc3)nn2)n1. The Kier molecular flexibility index (Phi) is 5.22. The first-order chi connectivity index (χ1) is 14.1. The van der Waals surface area contributed by atoms with Crippen molar-refractivity contribution in [2.24, 2.45) is 0 Å². The van der Waals surface area contributed by atoms with Crippen molar-refractivity contribution in [2.45, 2.75) is 6.92 Å². The quantitative estimate of drug-likeness (QED) is 0.521. The van der Waals surface area contributed by atoms with Crippen LogP contribution in [0.15, 0.2) is 72.9 Å². The molecule has 144 valence electrons. The molecule has 0 radical (unpaired) electrons. The number of carbonyl (C=O) groups excluding carboxylic acids is 1. The number of nitrogens with one attached hydrogen (secondary N) is 1. The van der Waals surface area contributed by atoms with Gasteiger partial charge >= 0.3 is 0 Å². The molecule has 0 aliphatic heterocycles. The smallest absolute Gasteiger partial charge is 0.257 e. The summed E-state index contributed by atoms with van der Waals surface area (Å²) in [6.45, 7) is 1.90. The molecule has 0 saturated heterocycles. The molecule has 1 N–H and O–H groups in total. The molecule has 0 spiro atoms. The molecule has 4 aromatic rings. The largest absolute Gasteiger partial charge is 0.438 e. The van der Waals surface area contributed by atoms with Crippen molar-refractivity contribution in [2.75, 3.05) is 5.32 Å². The highest BCUT2D eigenvalue weighted by atomic mass is 35.5. The van der Waals surface area contributed by atoms with Gasteiger partial charge < -0.3 is 10.1 Å². The second-order valence-corrected chi connectivity index (χ2v) is 6.60. The van der Waals surface area contributed by atoms with Gasteiger partial charge in [-0.1, -0.05) is 23.7 Å². The molecular formula is C21H16ClN5O2. The summed E-state index contributed by atoms with van der Waals surface area (Å²) < 4.78 is 7.34. The highest BCUT2D eigenvalue weighted by Gasteiger charge is 2.10. The van der Waals surface area contributed by atoms with E-state index in [0.29, 0.717) is 33.7 Å². The van der Waals surface area contributed by atoms with E-state index in [1.165, 1.54) is 0 Å². The van der Waals surface area contributed by atoms with E-state index >= 15 is 0 Å². The Morgan fingerprint density at radius 1 is 1.00 bits per heavy atom. The van der Waals surface area contributed by atoms with Gasteiger partial charge in [0.2, 0.25) is 5.88 Å². The first-order valence-electron chi connectivity index (χ1n) is 8.79. The molecule has 29 heavy (non-hydrogen) atoms. The molecule has 8 heteroatoms. The van der Waals surface area contributed by atoms with Gasteiger partial charge in [0.05, 0.1) is 16.3 Å². The molecule has 7 nitrogen and oxygen atoms in total. The molecule has 0 aliphatic rings. The summed E-state index contributed by atoms with van der Waals surface area (Å²) in [7, 11) is 0. The zero-order chi connectivity index (χ0) is 20.2. The highest BCUT2D eigenvalue weighted by molar-refractivity contribution is 6.34. The van der Waals surface area contributed by atoms with Crippen LogP contribution in [-0.2, 0) is 0 Å². The van der Waals surface area contributed by atoms with Crippen molar-refractivity contribution in [3.05, 3.63) is 89.2 Å². The molecule has 1 amide bonds. The van der Waals surface area contributed by atoms with Gasteiger partial charge in [-0.2, -0.15) is 5.10 Å². The van der Waals surface area contributed by atoms with Crippen molar-refractivity contribution >= 4 is 23.2 Å². The number of anilines is 1. The van der Waals surface area contributed by atoms with E-state index in [4.69, 9.17) is 16.3 Å². The lowest BCUT2D eigenvalue weighted by Crippen LogP contribution is -2.12. The number of amides is 1. The summed E-state index contributed by atoms with van der Waals surface area (Å²) in [5, 5.41) is 15.7. The lowest BCUT2D eigenvalue weighted by atomic mass is 10.2. The predicted molar refractivity (Wildman–Crippen MR) is 110 cm³/mol. The van der Waals surface area contributed by atoms with Gasteiger partial charge in [-0.3, -0.25) is 4.79 Å². The minimum atomic E-state index is -0.278. The lowest BCUT2D eigenvalue weighted by Gasteiger charge is -2.08. The second-order valence-electron chi connectivity index (χ2n) is 6.19. The van der Waals surface area contributed by atoms with Gasteiger partial charge in [-0.05, 0) is 55.5 Å². The molecule has 0 fully saturated rings. The number of carbonyl (C=O) groups is 1. The van der Waals surface area contributed by atoms with Gasteiger partial charge in [0.15, 0.2) is 5.82 Å². The van der Waals surface area contributed by atoms with Crippen LogP contribution in [0.5, 0.6) is 11.6 Å². The van der Waals surface area contributed by atoms with Crippen LogP contribution in [0.1, 0.15) is 16.1 Å². The van der Waals surface area contributed by atoms with Crippen LogP contribution in [0.25, 0.3) is 5.82 Å². The van der Waals surface area contributed by atoms with Crippen LogP contribution in [0.2, 0.25) is 5.02 Å². The lowest BCUT2D eigenvalue weighted by molar-refractivity contribution is 0.102. The van der Waals surface area contributed by atoms with E-state index in [1.807, 2.05) is 19.2 Å². The fourth-order valence-electron chi connectivity index (χ4n) is 2.60. The first kappa shape index (κ1) is 18.6. The van der Waals surface area contributed by atoms with Gasteiger partial charge in [-0.15, -0.1) is 10.2 Å². The average molecular weight is 406 g/mol. The zero-order valence-electron chi connectivity index (χ0n) is 15.4. The minimum Gasteiger partial charge on any atom is -0.438 e. The van der Waals surface area contributed by atoms with Crippen molar-refractivity contribution < 1.29 is 9.53 Å². The first-order valence-corrected chi connectivity index (χ1v) is 9.16. The van der Waals surface area contributed by atoms with Crippen LogP contribution >= 0.6 is 11.6 Å². The third-order valence-electron chi connectivity index (χ3n) is 4.04. The van der Waals surface area contributed by atoms with Gasteiger partial charge in [0.25, 0.3) is 5.91 Å². The van der Waals surface area contributed by atoms with Crippen LogP contribution in [0, 0.1) is 6.92 Å². The summed E-state index contributed by atoms with van der Waals surface area (Å²) in [5.74, 6) is 1.24. The van der Waals surface area contributed by atoms with Crippen molar-refractivity contribution in [3.63, 3.8) is 0 Å². The number of halogens is 1. The number of benzene rings is 2. The number of aromatic nitrogens is 4. The number of nitrogens with zero attached hydrogens (tertiary/aromatic N) is 4. The minimum absolute atomic E-state index is 0.278. The maximum absolute atomic E-state index is 12.3. The zero-order valence-corrected chi connectivity index (χ0v) is 16.2. The second kappa shape index (κ2) is 8.12. The predicted octanol–water partition coefficient (Wildman–Crippen LogP) is 4.67. The Labute approximate surface area is 171 Å². The average Bonchev–Trinajstić information content (AvgIpc) is 3.16. The Bertz CT molecular complexity index is 1140. The Balaban J connectivity index is 1.40. The van der Waals surface area contributed by atoms with Crippen molar-refractivity contribution in [1.82, 2.24) is 20.0 Å². The standard InChI is InChI=1S/C21H16ClN5O2/c1-14-12-13-27(26-14)19-10-11-20(25-24-19)29-16-8-6-15(7-9-16)23-21(28)17-4-2-3-5-18(17)22/h2-13H,1H3,(H,23,28). The molecule has 2 aromatic heterocycles. The normalized spacial score (nSPS) is 10.6. The molecule has 2 heterocycles. The number of ether oxygens (including phenoxy) is 1. The third-order valence-corrected chi connectivity index (χ3v) is 4.37. The molecule has 0 bridgehead atoms. The van der Waals surface area contributed by atoms with Gasteiger partial charge in [-0.25, -0.2) is 4.68 Å². The maximum Gasteiger partial charge on any atom is 0.257 e. The molecule has 0 aliphatic carbocycles. The van der Waals surface area contributed by atoms with E-state index in [-0.39, 0.29) is 5.91 Å². The molecular weight excluding hydrogens is 390 g/mol. The number of rotatable bonds is 5. The fourth-order valence-corrected chi connectivity index (χ4v) is 2.82. The summed E-state index contributed by atoms with van der Waals surface area (Å²) in [6, 6.07) is 19.2. The van der Waals surface area contributed by atoms with E-state index in [0.717, 1.165) is 5.69 Å². The summed E-state index contributed by atoms with van der Waals surface area (Å²) in [4.78, 5) is 12.3. The molecule has 0 saturated carbocycles. The van der Waals surface area contributed by atoms with Crippen LogP contribution < -0.4 is 10.1 Å². The number of aryl methyl sites for hydroxylation is 1. The van der Waals surface area contributed by atoms with Crippen LogP contribution in [-0.4, -0.2) is 25.9 Å². The Morgan fingerprint density at radius 2 is 1.79 bits per heavy atom. The third kappa shape index (κ3) is 4.41. The Hall–Kier alpha value is -3.71. The summed E-state index contributed by atoms with van der Waals surface area (Å²) >= 11 is 6.05. The number of hydrogen-bond donors (Lipinski definition) is 1. The van der Waals surface area contributed by atoms with Crippen molar-refractivity contribution in [3.8, 4) is 17.4 Å². The monoisotopic (exact) mass is 405 g/mol. The molecule has 4 rings (SSSR count). The molecule has 2 aromatic carbocycles. The van der Waals surface area contributed by atoms with E-state index < -0.39 is 0 Å².